The van der Waals surface area contributed by atoms with E-state index in [1.807, 2.05) is 6.92 Å². The van der Waals surface area contributed by atoms with E-state index in [1.165, 1.54) is 77.5 Å². The minimum atomic E-state index is -0.386. The molecule has 5 aliphatic rings. The molecular weight excluding hydrogens is 440 g/mol. The zero-order chi connectivity index (χ0) is 24.9. The van der Waals surface area contributed by atoms with Crippen LogP contribution in [0.3, 0.4) is 0 Å². The van der Waals surface area contributed by atoms with Gasteiger partial charge in [-0.3, -0.25) is 4.79 Å². The Labute approximate surface area is 213 Å². The van der Waals surface area contributed by atoms with Crippen molar-refractivity contribution in [1.82, 2.24) is 9.80 Å². The number of carbonyl (C=O) groups is 1. The van der Waals surface area contributed by atoms with Gasteiger partial charge in [-0.25, -0.2) is 0 Å². The van der Waals surface area contributed by atoms with Gasteiger partial charge in [-0.2, -0.15) is 0 Å². The highest BCUT2D eigenvalue weighted by molar-refractivity contribution is 5.76. The van der Waals surface area contributed by atoms with Gasteiger partial charge >= 0.3 is 0 Å². The van der Waals surface area contributed by atoms with Gasteiger partial charge in [0.15, 0.2) is 0 Å². The van der Waals surface area contributed by atoms with Crippen LogP contribution in [-0.4, -0.2) is 84.4 Å². The number of primary amides is 1. The summed E-state index contributed by atoms with van der Waals surface area (Å²) in [6.07, 6.45) is 14.0. The summed E-state index contributed by atoms with van der Waals surface area (Å²) in [6.45, 7) is 10.9. The molecule has 0 aromatic carbocycles. The van der Waals surface area contributed by atoms with Gasteiger partial charge in [0.2, 0.25) is 5.91 Å². The van der Waals surface area contributed by atoms with Gasteiger partial charge in [-0.15, -0.1) is 0 Å². The first-order chi connectivity index (χ1) is 16.8. The molecule has 0 atom stereocenters. The van der Waals surface area contributed by atoms with Gasteiger partial charge in [0.1, 0.15) is 0 Å². The Kier molecular flexibility index (Phi) is 9.53. The summed E-state index contributed by atoms with van der Waals surface area (Å²) in [5, 5.41) is 9.94. The number of nitrogens with two attached hydrogens (primary N) is 2. The molecule has 35 heavy (non-hydrogen) atoms. The molecule has 5 fully saturated rings. The number of amides is 1. The molecule has 1 spiro atoms. The van der Waals surface area contributed by atoms with Crippen LogP contribution in [0.4, 0.5) is 0 Å². The van der Waals surface area contributed by atoms with Crippen molar-refractivity contribution in [3.05, 3.63) is 0 Å². The molecule has 3 heterocycles. The van der Waals surface area contributed by atoms with Crippen molar-refractivity contribution in [1.29, 1.82) is 0 Å². The van der Waals surface area contributed by atoms with Crippen LogP contribution in [-0.2, 0) is 9.53 Å². The van der Waals surface area contributed by atoms with E-state index < -0.39 is 0 Å². The van der Waals surface area contributed by atoms with E-state index in [9.17, 15) is 9.90 Å². The van der Waals surface area contributed by atoms with Crippen LogP contribution < -0.4 is 11.5 Å². The lowest BCUT2D eigenvalue weighted by molar-refractivity contribution is -0.123. The molecule has 1 amide bonds. The predicted octanol–water partition coefficient (Wildman–Crippen LogP) is 2.74. The Bertz CT molecular complexity index is 647. The molecule has 202 valence electrons. The normalized spacial score (nSPS) is 37.6. The monoisotopic (exact) mass is 492 g/mol. The summed E-state index contributed by atoms with van der Waals surface area (Å²) in [7, 11) is 0. The van der Waals surface area contributed by atoms with Gasteiger partial charge in [-0.05, 0) is 134 Å². The topological polar surface area (TPSA) is 108 Å². The molecule has 7 heteroatoms. The first-order valence-corrected chi connectivity index (χ1v) is 14.6. The third kappa shape index (κ3) is 8.39. The number of likely N-dealkylation sites (tertiary alicyclic amines) is 2. The highest BCUT2D eigenvalue weighted by Gasteiger charge is 2.47. The molecule has 0 aromatic heterocycles. The van der Waals surface area contributed by atoms with E-state index in [0.29, 0.717) is 5.60 Å². The minimum absolute atomic E-state index is 0.111. The molecule has 2 saturated carbocycles. The van der Waals surface area contributed by atoms with E-state index in [0.717, 1.165) is 69.7 Å². The molecule has 5 N–H and O–H groups in total. The van der Waals surface area contributed by atoms with E-state index in [-0.39, 0.29) is 17.4 Å². The number of aliphatic hydroxyl groups is 1. The fourth-order valence-corrected chi connectivity index (χ4v) is 6.79. The number of piperidine rings is 2. The van der Waals surface area contributed by atoms with Crippen LogP contribution in [0.15, 0.2) is 0 Å². The Hall–Kier alpha value is -0.730. The third-order valence-corrected chi connectivity index (χ3v) is 9.81. The highest BCUT2D eigenvalue weighted by Crippen LogP contribution is 2.43. The van der Waals surface area contributed by atoms with E-state index in [2.05, 4.69) is 9.80 Å². The number of carbonyl (C=O) groups excluding carboxylic acids is 1. The predicted molar refractivity (Wildman–Crippen MR) is 140 cm³/mol. The second-order valence-electron chi connectivity index (χ2n) is 12.8. The van der Waals surface area contributed by atoms with Gasteiger partial charge in [0, 0.05) is 19.0 Å². The van der Waals surface area contributed by atoms with Crippen LogP contribution >= 0.6 is 0 Å². The molecule has 3 aliphatic heterocycles. The van der Waals surface area contributed by atoms with Crippen LogP contribution in [0, 0.1) is 23.7 Å². The van der Waals surface area contributed by atoms with Crippen LogP contribution in [0.5, 0.6) is 0 Å². The molecule has 3 saturated heterocycles. The largest absolute Gasteiger partial charge is 0.390 e. The van der Waals surface area contributed by atoms with Crippen molar-refractivity contribution in [2.45, 2.75) is 95.2 Å². The Morgan fingerprint density at radius 2 is 1.29 bits per heavy atom. The zero-order valence-electron chi connectivity index (χ0n) is 22.3. The van der Waals surface area contributed by atoms with Gasteiger partial charge in [0.05, 0.1) is 17.8 Å². The molecule has 0 unspecified atom stereocenters. The van der Waals surface area contributed by atoms with Crippen molar-refractivity contribution >= 4 is 5.91 Å². The van der Waals surface area contributed by atoms with E-state index >= 15 is 0 Å². The SMILES string of the molecule is CC1(O)CCC(CN2CCC(CN)CC2)CC1.NC(=O)C1CCN(CC2CCC3(CC2)CO3)CC1. The van der Waals surface area contributed by atoms with E-state index in [1.54, 1.807) is 0 Å². The lowest BCUT2D eigenvalue weighted by Crippen LogP contribution is -2.41. The number of hydrogen-bond donors (Lipinski definition) is 3. The van der Waals surface area contributed by atoms with Crippen LogP contribution in [0.25, 0.3) is 0 Å². The quantitative estimate of drug-likeness (QED) is 0.492. The number of ether oxygens (including phenoxy) is 1. The van der Waals surface area contributed by atoms with Crippen molar-refractivity contribution < 1.29 is 14.6 Å². The van der Waals surface area contributed by atoms with Gasteiger partial charge in [-0.1, -0.05) is 0 Å². The Balaban J connectivity index is 0.000000165. The average molecular weight is 493 g/mol. The molecule has 7 nitrogen and oxygen atoms in total. The highest BCUT2D eigenvalue weighted by atomic mass is 16.6. The van der Waals surface area contributed by atoms with Gasteiger partial charge in [0.25, 0.3) is 0 Å². The molecule has 2 aliphatic carbocycles. The second-order valence-corrected chi connectivity index (χ2v) is 12.8. The summed E-state index contributed by atoms with van der Waals surface area (Å²) >= 11 is 0. The first kappa shape index (κ1) is 27.3. The average Bonchev–Trinajstić information content (AvgIpc) is 3.62. The maximum Gasteiger partial charge on any atom is 0.220 e. The summed E-state index contributed by atoms with van der Waals surface area (Å²) in [6, 6.07) is 0. The Morgan fingerprint density at radius 3 is 1.71 bits per heavy atom. The summed E-state index contributed by atoms with van der Waals surface area (Å²) in [5.41, 5.74) is 11.0. The van der Waals surface area contributed by atoms with Crippen molar-refractivity contribution in [3.8, 4) is 0 Å². The lowest BCUT2D eigenvalue weighted by atomic mass is 9.79. The summed E-state index contributed by atoms with van der Waals surface area (Å²) in [5.74, 6) is 2.42. The smallest absolute Gasteiger partial charge is 0.220 e. The number of epoxide rings is 1. The van der Waals surface area contributed by atoms with Crippen molar-refractivity contribution in [2.75, 3.05) is 52.4 Å². The first-order valence-electron chi connectivity index (χ1n) is 14.6. The minimum Gasteiger partial charge on any atom is -0.390 e. The fourth-order valence-electron chi connectivity index (χ4n) is 6.79. The number of hydrogen-bond acceptors (Lipinski definition) is 6. The molecular formula is C28H52N4O3. The molecule has 5 rings (SSSR count). The van der Waals surface area contributed by atoms with Gasteiger partial charge < -0.3 is 31.1 Å². The number of nitrogens with zero attached hydrogens (tertiary/aromatic N) is 2. The summed E-state index contributed by atoms with van der Waals surface area (Å²) < 4.78 is 5.55. The van der Waals surface area contributed by atoms with Crippen LogP contribution in [0.1, 0.15) is 84.0 Å². The van der Waals surface area contributed by atoms with Crippen molar-refractivity contribution in [3.63, 3.8) is 0 Å². The van der Waals surface area contributed by atoms with Crippen LogP contribution in [0.2, 0.25) is 0 Å². The maximum atomic E-state index is 11.1. The third-order valence-electron chi connectivity index (χ3n) is 9.81. The molecule has 0 radical (unpaired) electrons. The molecule has 0 bridgehead atoms. The van der Waals surface area contributed by atoms with E-state index in [4.69, 9.17) is 16.2 Å². The molecule has 0 aromatic rings. The maximum absolute atomic E-state index is 11.1. The summed E-state index contributed by atoms with van der Waals surface area (Å²) in [4.78, 5) is 16.3. The zero-order valence-corrected chi connectivity index (χ0v) is 22.3. The Morgan fingerprint density at radius 1 is 0.829 bits per heavy atom. The number of rotatable bonds is 6. The second kappa shape index (κ2) is 12.2. The standard InChI is InChI=1S/C14H24N2O2.C14H28N2O/c15-13(17)12-3-7-16(8-4-12)9-11-1-5-14(6-2-11)10-18-14;1-14(17)6-2-13(3-7-14)11-16-8-4-12(10-15)5-9-16/h11-12H,1-10H2,(H2,15,17);12-13,17H,2-11,15H2,1H3. The fraction of sp³-hybridized carbons (Fsp3) is 0.964. The van der Waals surface area contributed by atoms with Crippen molar-refractivity contribution in [2.24, 2.45) is 35.1 Å². The lowest BCUT2D eigenvalue weighted by Gasteiger charge is -2.38.